The molecule has 17 heavy (non-hydrogen) atoms. The second-order valence-corrected chi connectivity index (χ2v) is 5.12. The number of aliphatic carboxylic acids is 1. The number of carboxylic acid groups (broad SMARTS) is 1. The lowest BCUT2D eigenvalue weighted by atomic mass is 9.85. The van der Waals surface area contributed by atoms with E-state index < -0.39 is 5.97 Å². The Hall–Kier alpha value is -1.01. The minimum Gasteiger partial charge on any atom is -0.480 e. The van der Waals surface area contributed by atoms with Crippen LogP contribution in [-0.4, -0.2) is 34.6 Å². The van der Waals surface area contributed by atoms with Crippen LogP contribution in [0.25, 0.3) is 0 Å². The Balaban J connectivity index is 2.05. The number of nitrogens with zero attached hydrogens (tertiary/aromatic N) is 1. The average Bonchev–Trinajstić information content (AvgIpc) is 2.69. The molecule has 2 aliphatic rings. The highest BCUT2D eigenvalue weighted by molar-refractivity contribution is 5.74. The lowest BCUT2D eigenvalue weighted by molar-refractivity contribution is -0.142. The van der Waals surface area contributed by atoms with Crippen LogP contribution in [0.4, 0.5) is 0 Å². The first-order chi connectivity index (χ1) is 8.24. The Kier molecular flexibility index (Phi) is 4.06. The van der Waals surface area contributed by atoms with Crippen LogP contribution in [0, 0.1) is 17.8 Å². The molecule has 1 heterocycles. The smallest absolute Gasteiger partial charge is 0.320 e. The van der Waals surface area contributed by atoms with Crippen molar-refractivity contribution in [3.05, 3.63) is 0 Å². The van der Waals surface area contributed by atoms with Crippen LogP contribution < -0.4 is 0 Å². The number of carbonyl (C=O) groups is 1. The second kappa shape index (κ2) is 5.55. The Bertz CT molecular complexity index is 342. The van der Waals surface area contributed by atoms with Gasteiger partial charge in [0.15, 0.2) is 0 Å². The maximum atomic E-state index is 11.3. The summed E-state index contributed by atoms with van der Waals surface area (Å²) in [5.74, 6) is 5.89. The lowest BCUT2D eigenvalue weighted by Crippen LogP contribution is -2.42. The Labute approximate surface area is 103 Å². The normalized spacial score (nSPS) is 32.6. The number of fused-ring (bicyclic) bond motifs is 1. The van der Waals surface area contributed by atoms with Gasteiger partial charge in [-0.25, -0.2) is 0 Å². The molecule has 0 radical (unpaired) electrons. The van der Waals surface area contributed by atoms with Crippen LogP contribution in [0.15, 0.2) is 0 Å². The van der Waals surface area contributed by atoms with Crippen molar-refractivity contribution in [3.8, 4) is 11.8 Å². The van der Waals surface area contributed by atoms with E-state index >= 15 is 0 Å². The molecule has 94 valence electrons. The van der Waals surface area contributed by atoms with E-state index in [1.807, 2.05) is 6.92 Å². The highest BCUT2D eigenvalue weighted by atomic mass is 16.4. The van der Waals surface area contributed by atoms with Crippen molar-refractivity contribution < 1.29 is 9.90 Å². The molecule has 1 N–H and O–H groups in total. The molecular weight excluding hydrogens is 214 g/mol. The summed E-state index contributed by atoms with van der Waals surface area (Å²) in [6.07, 6.45) is 6.56. The first-order valence-corrected chi connectivity index (χ1v) is 6.62. The number of likely N-dealkylation sites (tertiary alicyclic amines) is 1. The minimum absolute atomic E-state index is 0.262. The van der Waals surface area contributed by atoms with E-state index in [4.69, 9.17) is 0 Å². The van der Waals surface area contributed by atoms with Crippen LogP contribution in [-0.2, 0) is 4.79 Å². The second-order valence-electron chi connectivity index (χ2n) is 5.12. The summed E-state index contributed by atoms with van der Waals surface area (Å²) in [4.78, 5) is 13.5. The van der Waals surface area contributed by atoms with E-state index in [-0.39, 0.29) is 6.04 Å². The molecule has 0 aromatic rings. The van der Waals surface area contributed by atoms with Crippen LogP contribution in [0.3, 0.4) is 0 Å². The molecule has 1 aliphatic heterocycles. The van der Waals surface area contributed by atoms with Gasteiger partial charge >= 0.3 is 5.97 Å². The summed E-state index contributed by atoms with van der Waals surface area (Å²) in [5.41, 5.74) is 0. The van der Waals surface area contributed by atoms with E-state index in [2.05, 4.69) is 16.7 Å². The summed E-state index contributed by atoms with van der Waals surface area (Å²) in [7, 11) is 0. The fourth-order valence-corrected chi connectivity index (χ4v) is 3.43. The molecule has 3 nitrogen and oxygen atoms in total. The third-order valence-corrected chi connectivity index (χ3v) is 4.18. The third-order valence-electron chi connectivity index (χ3n) is 4.18. The molecule has 1 aliphatic carbocycles. The van der Waals surface area contributed by atoms with Crippen LogP contribution in [0.2, 0.25) is 0 Å². The molecular formula is C14H21NO2. The number of rotatable bonds is 3. The van der Waals surface area contributed by atoms with E-state index in [0.29, 0.717) is 12.0 Å². The van der Waals surface area contributed by atoms with Gasteiger partial charge in [0.05, 0.1) is 0 Å². The summed E-state index contributed by atoms with van der Waals surface area (Å²) in [6, 6.07) is 0.241. The van der Waals surface area contributed by atoms with E-state index in [1.165, 1.54) is 25.7 Å². The third kappa shape index (κ3) is 2.63. The zero-order chi connectivity index (χ0) is 12.3. The van der Waals surface area contributed by atoms with E-state index in [9.17, 15) is 9.90 Å². The molecule has 0 aromatic carbocycles. The highest BCUT2D eigenvalue weighted by Crippen LogP contribution is 2.39. The van der Waals surface area contributed by atoms with Crippen LogP contribution in [0.5, 0.6) is 0 Å². The molecule has 0 spiro atoms. The maximum Gasteiger partial charge on any atom is 0.320 e. The zero-order valence-corrected chi connectivity index (χ0v) is 10.5. The summed E-state index contributed by atoms with van der Waals surface area (Å²) in [6.45, 7) is 2.65. The molecule has 0 amide bonds. The van der Waals surface area contributed by atoms with E-state index in [1.54, 1.807) is 0 Å². The van der Waals surface area contributed by atoms with Crippen molar-refractivity contribution in [1.82, 2.24) is 4.90 Å². The van der Waals surface area contributed by atoms with Crippen molar-refractivity contribution in [1.29, 1.82) is 0 Å². The van der Waals surface area contributed by atoms with Crippen molar-refractivity contribution >= 4 is 5.97 Å². The van der Waals surface area contributed by atoms with Gasteiger partial charge in [0.25, 0.3) is 0 Å². The molecule has 1 saturated carbocycles. The SMILES string of the molecule is CC#CCCN1C(C(=O)O)CC2CCCCC21. The Morgan fingerprint density at radius 1 is 1.41 bits per heavy atom. The number of hydrogen-bond acceptors (Lipinski definition) is 2. The van der Waals surface area contributed by atoms with Crippen molar-refractivity contribution in [2.75, 3.05) is 6.54 Å². The maximum absolute atomic E-state index is 11.3. The molecule has 2 rings (SSSR count). The van der Waals surface area contributed by atoms with Gasteiger partial charge in [-0.1, -0.05) is 12.8 Å². The number of carboxylic acids is 1. The predicted octanol–water partition coefficient (Wildman–Crippen LogP) is 2.12. The Morgan fingerprint density at radius 2 is 2.18 bits per heavy atom. The fourth-order valence-electron chi connectivity index (χ4n) is 3.43. The van der Waals surface area contributed by atoms with Gasteiger partial charge in [-0.15, -0.1) is 11.8 Å². The molecule has 3 heteroatoms. The van der Waals surface area contributed by atoms with Crippen LogP contribution in [0.1, 0.15) is 45.4 Å². The molecule has 1 saturated heterocycles. The molecule has 0 bridgehead atoms. The molecule has 0 aromatic heterocycles. The minimum atomic E-state index is -0.649. The quantitative estimate of drug-likeness (QED) is 0.762. The predicted molar refractivity (Wildman–Crippen MR) is 66.6 cm³/mol. The van der Waals surface area contributed by atoms with Gasteiger partial charge in [-0.05, 0) is 32.1 Å². The van der Waals surface area contributed by atoms with Gasteiger partial charge in [-0.2, -0.15) is 0 Å². The standard InChI is InChI=1S/C14H21NO2/c1-2-3-6-9-15-12-8-5-4-7-11(12)10-13(15)14(16)17/h11-13H,4-10H2,1H3,(H,16,17). The van der Waals surface area contributed by atoms with Gasteiger partial charge in [0, 0.05) is 19.0 Å². The topological polar surface area (TPSA) is 40.5 Å². The van der Waals surface area contributed by atoms with Crippen molar-refractivity contribution in [3.63, 3.8) is 0 Å². The van der Waals surface area contributed by atoms with Crippen molar-refractivity contribution in [2.24, 2.45) is 5.92 Å². The highest BCUT2D eigenvalue weighted by Gasteiger charge is 2.44. The van der Waals surface area contributed by atoms with Gasteiger partial charge in [0.2, 0.25) is 0 Å². The van der Waals surface area contributed by atoms with Gasteiger partial charge < -0.3 is 5.11 Å². The molecule has 2 fully saturated rings. The largest absolute Gasteiger partial charge is 0.480 e. The first-order valence-electron chi connectivity index (χ1n) is 6.62. The van der Waals surface area contributed by atoms with Crippen molar-refractivity contribution in [2.45, 2.75) is 57.5 Å². The summed E-state index contributed by atoms with van der Waals surface area (Å²) in [5, 5.41) is 9.31. The zero-order valence-electron chi connectivity index (χ0n) is 10.5. The number of hydrogen-bond donors (Lipinski definition) is 1. The summed E-state index contributed by atoms with van der Waals surface area (Å²) < 4.78 is 0. The first kappa shape index (κ1) is 12.4. The van der Waals surface area contributed by atoms with Crippen LogP contribution >= 0.6 is 0 Å². The fraction of sp³-hybridized carbons (Fsp3) is 0.786. The molecule has 3 atom stereocenters. The summed E-state index contributed by atoms with van der Waals surface area (Å²) >= 11 is 0. The monoisotopic (exact) mass is 235 g/mol. The van der Waals surface area contributed by atoms with Gasteiger partial charge in [-0.3, -0.25) is 9.69 Å². The Morgan fingerprint density at radius 3 is 2.88 bits per heavy atom. The average molecular weight is 235 g/mol. The van der Waals surface area contributed by atoms with Gasteiger partial charge in [0.1, 0.15) is 6.04 Å². The van der Waals surface area contributed by atoms with E-state index in [0.717, 1.165) is 19.4 Å². The lowest BCUT2D eigenvalue weighted by Gasteiger charge is -2.32. The molecule has 3 unspecified atom stereocenters.